The molecule has 0 spiro atoms. The van der Waals surface area contributed by atoms with Gasteiger partial charge >= 0.3 is 0 Å². The molecular weight excluding hydrogens is 268 g/mol. The SMILES string of the molecule is CCCNC(=NC)NCC(C)N1CCc2sccc2C1. The molecule has 0 saturated heterocycles. The number of nitrogens with one attached hydrogen (secondary N) is 2. The maximum atomic E-state index is 4.25. The third-order valence-electron chi connectivity index (χ3n) is 3.79. The van der Waals surface area contributed by atoms with E-state index in [4.69, 9.17) is 0 Å². The summed E-state index contributed by atoms with van der Waals surface area (Å²) < 4.78 is 0. The lowest BCUT2D eigenvalue weighted by Crippen LogP contribution is -2.47. The van der Waals surface area contributed by atoms with Crippen molar-refractivity contribution in [2.24, 2.45) is 4.99 Å². The van der Waals surface area contributed by atoms with Crippen LogP contribution in [0, 0.1) is 0 Å². The maximum absolute atomic E-state index is 4.25. The van der Waals surface area contributed by atoms with E-state index in [9.17, 15) is 0 Å². The number of rotatable bonds is 5. The zero-order valence-corrected chi connectivity index (χ0v) is 13.6. The molecule has 2 rings (SSSR count). The molecule has 20 heavy (non-hydrogen) atoms. The number of hydrogen-bond acceptors (Lipinski definition) is 3. The van der Waals surface area contributed by atoms with Crippen molar-refractivity contribution >= 4 is 17.3 Å². The Labute approximate surface area is 126 Å². The standard InChI is InChI=1S/C15H26N4S/c1-4-7-17-15(16-3)18-10-12(2)19-8-5-14-13(11-19)6-9-20-14/h6,9,12H,4-5,7-8,10-11H2,1-3H3,(H2,16,17,18). The highest BCUT2D eigenvalue weighted by atomic mass is 32.1. The summed E-state index contributed by atoms with van der Waals surface area (Å²) >= 11 is 1.90. The summed E-state index contributed by atoms with van der Waals surface area (Å²) in [7, 11) is 1.83. The number of guanidine groups is 1. The molecule has 0 aliphatic carbocycles. The van der Waals surface area contributed by atoms with Gasteiger partial charge in [-0.1, -0.05) is 6.92 Å². The Balaban J connectivity index is 1.79. The van der Waals surface area contributed by atoms with Gasteiger partial charge in [0.05, 0.1) is 0 Å². The minimum Gasteiger partial charge on any atom is -0.356 e. The van der Waals surface area contributed by atoms with Crippen molar-refractivity contribution in [1.29, 1.82) is 0 Å². The fourth-order valence-electron chi connectivity index (χ4n) is 2.48. The van der Waals surface area contributed by atoms with Gasteiger partial charge < -0.3 is 10.6 Å². The lowest BCUT2D eigenvalue weighted by atomic mass is 10.1. The van der Waals surface area contributed by atoms with Crippen molar-refractivity contribution in [3.8, 4) is 0 Å². The van der Waals surface area contributed by atoms with Gasteiger partial charge in [0.25, 0.3) is 0 Å². The van der Waals surface area contributed by atoms with Crippen LogP contribution < -0.4 is 10.6 Å². The number of aliphatic imine (C=N–C) groups is 1. The second-order valence-corrected chi connectivity index (χ2v) is 6.32. The van der Waals surface area contributed by atoms with Crippen LogP contribution >= 0.6 is 11.3 Å². The average Bonchev–Trinajstić information content (AvgIpc) is 2.94. The molecule has 1 atom stereocenters. The van der Waals surface area contributed by atoms with Gasteiger partial charge in [-0.25, -0.2) is 0 Å². The quantitative estimate of drug-likeness (QED) is 0.645. The van der Waals surface area contributed by atoms with Crippen molar-refractivity contribution in [1.82, 2.24) is 15.5 Å². The number of fused-ring (bicyclic) bond motifs is 1. The fourth-order valence-corrected chi connectivity index (χ4v) is 3.37. The van der Waals surface area contributed by atoms with Crippen molar-refractivity contribution in [2.45, 2.75) is 39.3 Å². The summed E-state index contributed by atoms with van der Waals surface area (Å²) in [5.74, 6) is 0.909. The van der Waals surface area contributed by atoms with Crippen LogP contribution in [-0.4, -0.2) is 43.6 Å². The van der Waals surface area contributed by atoms with Gasteiger partial charge in [0.15, 0.2) is 5.96 Å². The molecule has 1 aliphatic rings. The van der Waals surface area contributed by atoms with Crippen molar-refractivity contribution in [3.63, 3.8) is 0 Å². The fraction of sp³-hybridized carbons (Fsp3) is 0.667. The Bertz CT molecular complexity index is 441. The Morgan fingerprint density at radius 2 is 2.35 bits per heavy atom. The molecule has 0 amide bonds. The van der Waals surface area contributed by atoms with E-state index in [-0.39, 0.29) is 0 Å². The zero-order chi connectivity index (χ0) is 14.4. The van der Waals surface area contributed by atoms with Gasteiger partial charge in [0.1, 0.15) is 0 Å². The molecule has 5 heteroatoms. The van der Waals surface area contributed by atoms with Gasteiger partial charge in [-0.05, 0) is 36.8 Å². The Hall–Kier alpha value is -1.07. The lowest BCUT2D eigenvalue weighted by molar-refractivity contribution is 0.192. The highest BCUT2D eigenvalue weighted by Crippen LogP contribution is 2.24. The molecule has 0 aromatic carbocycles. The van der Waals surface area contributed by atoms with Crippen molar-refractivity contribution in [3.05, 3.63) is 21.9 Å². The van der Waals surface area contributed by atoms with E-state index in [0.29, 0.717) is 6.04 Å². The number of hydrogen-bond donors (Lipinski definition) is 2. The van der Waals surface area contributed by atoms with E-state index in [1.54, 1.807) is 4.88 Å². The van der Waals surface area contributed by atoms with Crippen molar-refractivity contribution in [2.75, 3.05) is 26.7 Å². The van der Waals surface area contributed by atoms with Gasteiger partial charge in [-0.15, -0.1) is 11.3 Å². The van der Waals surface area contributed by atoms with Crippen LogP contribution in [0.3, 0.4) is 0 Å². The monoisotopic (exact) mass is 294 g/mol. The minimum absolute atomic E-state index is 0.517. The third-order valence-corrected chi connectivity index (χ3v) is 4.81. The van der Waals surface area contributed by atoms with Crippen LogP contribution in [0.5, 0.6) is 0 Å². The van der Waals surface area contributed by atoms with Crippen LogP contribution in [0.2, 0.25) is 0 Å². The first-order chi connectivity index (χ1) is 9.74. The molecule has 2 N–H and O–H groups in total. The van der Waals surface area contributed by atoms with Crippen molar-refractivity contribution < 1.29 is 0 Å². The molecule has 2 heterocycles. The van der Waals surface area contributed by atoms with E-state index in [2.05, 4.69) is 45.8 Å². The smallest absolute Gasteiger partial charge is 0.191 e. The molecule has 1 aromatic rings. The van der Waals surface area contributed by atoms with Crippen LogP contribution in [0.25, 0.3) is 0 Å². The minimum atomic E-state index is 0.517. The molecule has 0 saturated carbocycles. The largest absolute Gasteiger partial charge is 0.356 e. The van der Waals surface area contributed by atoms with E-state index < -0.39 is 0 Å². The lowest BCUT2D eigenvalue weighted by Gasteiger charge is -2.32. The first kappa shape index (κ1) is 15.3. The van der Waals surface area contributed by atoms with Crippen LogP contribution in [0.4, 0.5) is 0 Å². The molecule has 1 aromatic heterocycles. The molecule has 0 bridgehead atoms. The second-order valence-electron chi connectivity index (χ2n) is 5.32. The number of thiophene rings is 1. The topological polar surface area (TPSA) is 39.7 Å². The summed E-state index contributed by atoms with van der Waals surface area (Å²) in [6, 6.07) is 2.79. The Morgan fingerprint density at radius 1 is 1.50 bits per heavy atom. The molecule has 0 radical (unpaired) electrons. The second kappa shape index (κ2) is 7.64. The maximum Gasteiger partial charge on any atom is 0.191 e. The van der Waals surface area contributed by atoms with Gasteiger partial charge in [-0.3, -0.25) is 9.89 Å². The van der Waals surface area contributed by atoms with E-state index >= 15 is 0 Å². The molecule has 1 unspecified atom stereocenters. The third kappa shape index (κ3) is 3.96. The first-order valence-corrected chi connectivity index (χ1v) is 8.36. The van der Waals surface area contributed by atoms with Crippen LogP contribution in [0.1, 0.15) is 30.7 Å². The van der Waals surface area contributed by atoms with E-state index in [1.807, 2.05) is 18.4 Å². The summed E-state index contributed by atoms with van der Waals surface area (Å²) in [5, 5.41) is 8.95. The van der Waals surface area contributed by atoms with Crippen LogP contribution in [-0.2, 0) is 13.0 Å². The molecule has 4 nitrogen and oxygen atoms in total. The highest BCUT2D eigenvalue weighted by molar-refractivity contribution is 7.10. The molecule has 1 aliphatic heterocycles. The summed E-state index contributed by atoms with van der Waals surface area (Å²) in [6.45, 7) is 8.60. The highest BCUT2D eigenvalue weighted by Gasteiger charge is 2.21. The van der Waals surface area contributed by atoms with Gasteiger partial charge in [0.2, 0.25) is 0 Å². The van der Waals surface area contributed by atoms with Gasteiger partial charge in [-0.2, -0.15) is 0 Å². The predicted octanol–water partition coefficient (Wildman–Crippen LogP) is 2.07. The van der Waals surface area contributed by atoms with E-state index in [1.165, 1.54) is 12.0 Å². The summed E-state index contributed by atoms with van der Waals surface area (Å²) in [5.41, 5.74) is 1.52. The first-order valence-electron chi connectivity index (χ1n) is 7.48. The average molecular weight is 294 g/mol. The summed E-state index contributed by atoms with van der Waals surface area (Å²) in [6.07, 6.45) is 2.31. The summed E-state index contributed by atoms with van der Waals surface area (Å²) in [4.78, 5) is 8.37. The molecule has 0 fully saturated rings. The molecule has 112 valence electrons. The zero-order valence-electron chi connectivity index (χ0n) is 12.8. The normalized spacial score (nSPS) is 17.6. The van der Waals surface area contributed by atoms with Crippen LogP contribution in [0.15, 0.2) is 16.4 Å². The molecular formula is C15H26N4S. The van der Waals surface area contributed by atoms with E-state index in [0.717, 1.165) is 38.6 Å². The Kier molecular flexibility index (Phi) is 5.86. The number of nitrogens with zero attached hydrogens (tertiary/aromatic N) is 2. The Morgan fingerprint density at radius 3 is 3.10 bits per heavy atom. The van der Waals surface area contributed by atoms with Gasteiger partial charge in [0, 0.05) is 44.1 Å². The predicted molar refractivity (Wildman–Crippen MR) is 87.6 cm³/mol.